The molecule has 0 atom stereocenters. The number of alkyl halides is 3. The SMILES string of the molecule is CCN(CC(F)(F)F)C(=O)c1ccc(CSC)cc1. The number of thioether (sulfide) groups is 1. The van der Waals surface area contributed by atoms with Crippen LogP contribution in [0.2, 0.25) is 0 Å². The van der Waals surface area contributed by atoms with Crippen molar-refractivity contribution in [2.75, 3.05) is 19.3 Å². The first kappa shape index (κ1) is 15.9. The van der Waals surface area contributed by atoms with Gasteiger partial charge in [-0.3, -0.25) is 4.79 Å². The average molecular weight is 291 g/mol. The summed E-state index contributed by atoms with van der Waals surface area (Å²) in [6.45, 7) is 0.353. The average Bonchev–Trinajstić information content (AvgIpc) is 2.35. The number of carbonyl (C=O) groups excluding carboxylic acids is 1. The van der Waals surface area contributed by atoms with Crippen molar-refractivity contribution in [3.8, 4) is 0 Å². The molecular weight excluding hydrogens is 275 g/mol. The van der Waals surface area contributed by atoms with Gasteiger partial charge in [-0.2, -0.15) is 24.9 Å². The number of carbonyl (C=O) groups is 1. The number of hydrogen-bond donors (Lipinski definition) is 0. The lowest BCUT2D eigenvalue weighted by Gasteiger charge is -2.22. The van der Waals surface area contributed by atoms with Crippen LogP contribution in [0.4, 0.5) is 13.2 Å². The van der Waals surface area contributed by atoms with Crippen LogP contribution in [0.5, 0.6) is 0 Å². The highest BCUT2D eigenvalue weighted by atomic mass is 32.2. The minimum atomic E-state index is -4.37. The fraction of sp³-hybridized carbons (Fsp3) is 0.462. The molecule has 1 aromatic rings. The Morgan fingerprint density at radius 3 is 2.26 bits per heavy atom. The molecule has 0 aromatic heterocycles. The molecule has 0 heterocycles. The van der Waals surface area contributed by atoms with Gasteiger partial charge in [0.25, 0.3) is 5.91 Å². The molecule has 0 saturated heterocycles. The van der Waals surface area contributed by atoms with Gasteiger partial charge in [0.2, 0.25) is 0 Å². The van der Waals surface area contributed by atoms with Crippen LogP contribution < -0.4 is 0 Å². The molecular formula is C13H16F3NOS. The molecule has 0 radical (unpaired) electrons. The van der Waals surface area contributed by atoms with Crippen LogP contribution in [-0.2, 0) is 5.75 Å². The summed E-state index contributed by atoms with van der Waals surface area (Å²) < 4.78 is 37.0. The molecule has 0 aliphatic heterocycles. The van der Waals surface area contributed by atoms with E-state index in [9.17, 15) is 18.0 Å². The van der Waals surface area contributed by atoms with Gasteiger partial charge in [-0.1, -0.05) is 12.1 Å². The van der Waals surface area contributed by atoms with E-state index in [0.29, 0.717) is 0 Å². The second kappa shape index (κ2) is 6.84. The predicted molar refractivity (Wildman–Crippen MR) is 71.3 cm³/mol. The highest BCUT2D eigenvalue weighted by Crippen LogP contribution is 2.18. The summed E-state index contributed by atoms with van der Waals surface area (Å²) in [4.78, 5) is 12.7. The Bertz CT molecular complexity index is 417. The maximum atomic E-state index is 12.3. The molecule has 0 bridgehead atoms. The highest BCUT2D eigenvalue weighted by Gasteiger charge is 2.32. The van der Waals surface area contributed by atoms with Crippen LogP contribution in [0.25, 0.3) is 0 Å². The second-order valence-corrected chi connectivity index (χ2v) is 4.93. The normalized spacial score (nSPS) is 11.4. The zero-order valence-corrected chi connectivity index (χ0v) is 11.6. The fourth-order valence-corrected chi connectivity index (χ4v) is 2.16. The van der Waals surface area contributed by atoms with Crippen molar-refractivity contribution < 1.29 is 18.0 Å². The largest absolute Gasteiger partial charge is 0.406 e. The lowest BCUT2D eigenvalue weighted by atomic mass is 10.1. The van der Waals surface area contributed by atoms with E-state index in [0.717, 1.165) is 16.2 Å². The quantitative estimate of drug-likeness (QED) is 0.826. The molecule has 2 nitrogen and oxygen atoms in total. The van der Waals surface area contributed by atoms with E-state index >= 15 is 0 Å². The number of benzene rings is 1. The Balaban J connectivity index is 2.79. The third-order valence-corrected chi connectivity index (χ3v) is 3.17. The first-order valence-electron chi connectivity index (χ1n) is 5.81. The van der Waals surface area contributed by atoms with Gasteiger partial charge < -0.3 is 4.90 Å². The summed E-state index contributed by atoms with van der Waals surface area (Å²) in [6, 6.07) is 6.69. The number of halogens is 3. The molecule has 1 amide bonds. The third kappa shape index (κ3) is 5.14. The van der Waals surface area contributed by atoms with Gasteiger partial charge >= 0.3 is 6.18 Å². The second-order valence-electron chi connectivity index (χ2n) is 4.06. The van der Waals surface area contributed by atoms with E-state index in [1.807, 2.05) is 6.26 Å². The topological polar surface area (TPSA) is 20.3 Å². The summed E-state index contributed by atoms with van der Waals surface area (Å²) >= 11 is 1.64. The first-order chi connectivity index (χ1) is 8.87. The maximum Gasteiger partial charge on any atom is 0.406 e. The fourth-order valence-electron chi connectivity index (χ4n) is 1.64. The first-order valence-corrected chi connectivity index (χ1v) is 7.20. The molecule has 6 heteroatoms. The minimum Gasteiger partial charge on any atom is -0.330 e. The van der Waals surface area contributed by atoms with Crippen molar-refractivity contribution in [1.82, 2.24) is 4.90 Å². The van der Waals surface area contributed by atoms with Gasteiger partial charge in [0.1, 0.15) is 6.54 Å². The third-order valence-electron chi connectivity index (χ3n) is 2.55. The van der Waals surface area contributed by atoms with Gasteiger partial charge in [0.05, 0.1) is 0 Å². The van der Waals surface area contributed by atoms with E-state index in [4.69, 9.17) is 0 Å². The smallest absolute Gasteiger partial charge is 0.330 e. The lowest BCUT2D eigenvalue weighted by molar-refractivity contribution is -0.140. The van der Waals surface area contributed by atoms with Gasteiger partial charge in [0, 0.05) is 17.9 Å². The molecule has 0 spiro atoms. The Kier molecular flexibility index (Phi) is 5.72. The number of amides is 1. The van der Waals surface area contributed by atoms with Gasteiger partial charge in [-0.15, -0.1) is 0 Å². The van der Waals surface area contributed by atoms with Crippen LogP contribution >= 0.6 is 11.8 Å². The molecule has 1 rings (SSSR count). The highest BCUT2D eigenvalue weighted by molar-refractivity contribution is 7.97. The van der Waals surface area contributed by atoms with Crippen LogP contribution in [-0.4, -0.2) is 36.3 Å². The van der Waals surface area contributed by atoms with Crippen LogP contribution in [0.3, 0.4) is 0 Å². The zero-order valence-electron chi connectivity index (χ0n) is 10.8. The summed E-state index contributed by atoms with van der Waals surface area (Å²) in [7, 11) is 0. The van der Waals surface area contributed by atoms with Crippen LogP contribution in [0.1, 0.15) is 22.8 Å². The number of nitrogens with zero attached hydrogens (tertiary/aromatic N) is 1. The molecule has 1 aromatic carbocycles. The minimum absolute atomic E-state index is 0.0326. The molecule has 0 saturated carbocycles. The van der Waals surface area contributed by atoms with E-state index in [-0.39, 0.29) is 12.1 Å². The van der Waals surface area contributed by atoms with Crippen LogP contribution in [0.15, 0.2) is 24.3 Å². The van der Waals surface area contributed by atoms with Gasteiger partial charge in [-0.05, 0) is 30.9 Å². The Labute approximate surface area is 115 Å². The molecule has 0 fully saturated rings. The van der Waals surface area contributed by atoms with Crippen molar-refractivity contribution in [3.05, 3.63) is 35.4 Å². The maximum absolute atomic E-state index is 12.3. The van der Waals surface area contributed by atoms with Gasteiger partial charge in [-0.25, -0.2) is 0 Å². The van der Waals surface area contributed by atoms with Crippen molar-refractivity contribution in [2.45, 2.75) is 18.9 Å². The van der Waals surface area contributed by atoms with E-state index < -0.39 is 18.6 Å². The van der Waals surface area contributed by atoms with Crippen molar-refractivity contribution in [1.29, 1.82) is 0 Å². The Morgan fingerprint density at radius 1 is 1.26 bits per heavy atom. The molecule has 0 aliphatic rings. The standard InChI is InChI=1S/C13H16F3NOS/c1-3-17(9-13(14,15)16)12(18)11-6-4-10(5-7-11)8-19-2/h4-7H,3,8-9H2,1-2H3. The monoisotopic (exact) mass is 291 g/mol. The Hall–Kier alpha value is -1.17. The number of rotatable bonds is 5. The number of hydrogen-bond acceptors (Lipinski definition) is 2. The van der Waals surface area contributed by atoms with E-state index in [1.165, 1.54) is 6.92 Å². The van der Waals surface area contributed by atoms with Crippen LogP contribution in [0, 0.1) is 0 Å². The zero-order chi connectivity index (χ0) is 14.5. The molecule has 106 valence electrons. The molecule has 0 aliphatic carbocycles. The predicted octanol–water partition coefficient (Wildman–Crippen LogP) is 3.57. The molecule has 0 N–H and O–H groups in total. The molecule has 0 unspecified atom stereocenters. The van der Waals surface area contributed by atoms with Crippen molar-refractivity contribution >= 4 is 17.7 Å². The molecule has 19 heavy (non-hydrogen) atoms. The summed E-state index contributed by atoms with van der Waals surface area (Å²) in [6.07, 6.45) is -2.41. The summed E-state index contributed by atoms with van der Waals surface area (Å²) in [5.41, 5.74) is 1.33. The summed E-state index contributed by atoms with van der Waals surface area (Å²) in [5.74, 6) is 0.227. The lowest BCUT2D eigenvalue weighted by Crippen LogP contribution is -2.38. The Morgan fingerprint density at radius 2 is 1.84 bits per heavy atom. The van der Waals surface area contributed by atoms with Crippen molar-refractivity contribution in [3.63, 3.8) is 0 Å². The van der Waals surface area contributed by atoms with E-state index in [1.54, 1.807) is 36.0 Å². The van der Waals surface area contributed by atoms with E-state index in [2.05, 4.69) is 0 Å². The van der Waals surface area contributed by atoms with Crippen molar-refractivity contribution in [2.24, 2.45) is 0 Å². The van der Waals surface area contributed by atoms with Gasteiger partial charge in [0.15, 0.2) is 0 Å². The summed E-state index contributed by atoms with van der Waals surface area (Å²) in [5, 5.41) is 0.